The maximum absolute atomic E-state index is 5.83. The van der Waals surface area contributed by atoms with Crippen LogP contribution in [-0.2, 0) is 13.0 Å². The largest absolute Gasteiger partial charge is 0.493 e. The summed E-state index contributed by atoms with van der Waals surface area (Å²) >= 11 is 6.79. The number of benzene rings is 1. The maximum atomic E-state index is 5.83. The van der Waals surface area contributed by atoms with E-state index in [9.17, 15) is 0 Å². The van der Waals surface area contributed by atoms with Gasteiger partial charge in [-0.05, 0) is 42.9 Å². The molecule has 1 aromatic carbocycles. The highest BCUT2D eigenvalue weighted by Crippen LogP contribution is 2.28. The summed E-state index contributed by atoms with van der Waals surface area (Å²) in [5, 5.41) is 14.3. The number of H-pyrrole nitrogens is 1. The molecule has 0 aliphatic rings. The number of nitrogens with one attached hydrogen (secondary N) is 1. The molecule has 0 unspecified atom stereocenters. The van der Waals surface area contributed by atoms with E-state index in [1.807, 2.05) is 37.4 Å². The number of hydrogen-bond donors (Lipinski definition) is 1. The van der Waals surface area contributed by atoms with Crippen LogP contribution in [0.25, 0.3) is 0 Å². The summed E-state index contributed by atoms with van der Waals surface area (Å²) in [4.78, 5) is 4.39. The number of methoxy groups -OCH3 is 1. The minimum atomic E-state index is 0.401. The molecule has 26 heavy (non-hydrogen) atoms. The molecule has 3 rings (SSSR count). The Labute approximate surface area is 160 Å². The van der Waals surface area contributed by atoms with Gasteiger partial charge in [-0.2, -0.15) is 14.9 Å². The highest BCUT2D eigenvalue weighted by atomic mass is 32.1. The fourth-order valence-electron chi connectivity index (χ4n) is 2.31. The van der Waals surface area contributed by atoms with Gasteiger partial charge in [-0.1, -0.05) is 6.92 Å². The van der Waals surface area contributed by atoms with Crippen molar-refractivity contribution in [2.45, 2.75) is 26.9 Å². The van der Waals surface area contributed by atoms with Crippen LogP contribution < -0.4 is 9.47 Å². The van der Waals surface area contributed by atoms with Crippen molar-refractivity contribution in [2.24, 2.45) is 5.10 Å². The van der Waals surface area contributed by atoms with Crippen LogP contribution in [-0.4, -0.2) is 33.2 Å². The second-order valence-electron chi connectivity index (χ2n) is 5.41. The number of thiazole rings is 1. The van der Waals surface area contributed by atoms with Crippen LogP contribution in [0.3, 0.4) is 0 Å². The van der Waals surface area contributed by atoms with Gasteiger partial charge in [0.1, 0.15) is 6.61 Å². The summed E-state index contributed by atoms with van der Waals surface area (Å²) in [7, 11) is 1.61. The van der Waals surface area contributed by atoms with Crippen molar-refractivity contribution in [3.05, 3.63) is 50.4 Å². The van der Waals surface area contributed by atoms with Crippen LogP contribution in [0.5, 0.6) is 11.5 Å². The highest BCUT2D eigenvalue weighted by Gasteiger charge is 2.07. The van der Waals surface area contributed by atoms with Crippen LogP contribution >= 0.6 is 23.6 Å². The molecule has 0 aliphatic heterocycles. The van der Waals surface area contributed by atoms with Crippen molar-refractivity contribution in [2.75, 3.05) is 7.11 Å². The van der Waals surface area contributed by atoms with Crippen LogP contribution in [0.2, 0.25) is 0 Å². The minimum Gasteiger partial charge on any atom is -0.493 e. The van der Waals surface area contributed by atoms with Crippen molar-refractivity contribution in [3.8, 4) is 11.5 Å². The Bertz CT molecular complexity index is 974. The van der Waals surface area contributed by atoms with Gasteiger partial charge < -0.3 is 9.47 Å². The lowest BCUT2D eigenvalue weighted by Crippen LogP contribution is -2.00. The molecule has 1 N–H and O–H groups in total. The Morgan fingerprint density at radius 2 is 2.23 bits per heavy atom. The van der Waals surface area contributed by atoms with Gasteiger partial charge in [-0.15, -0.1) is 11.3 Å². The van der Waals surface area contributed by atoms with E-state index in [4.69, 9.17) is 21.7 Å². The molecule has 0 fully saturated rings. The van der Waals surface area contributed by atoms with E-state index in [2.05, 4.69) is 20.3 Å². The third-order valence-electron chi connectivity index (χ3n) is 3.59. The predicted octanol–water partition coefficient (Wildman–Crippen LogP) is 3.74. The quantitative estimate of drug-likeness (QED) is 0.492. The molecule has 2 aromatic heterocycles. The van der Waals surface area contributed by atoms with E-state index >= 15 is 0 Å². The number of aromatic nitrogens is 4. The Kier molecular flexibility index (Phi) is 5.79. The van der Waals surface area contributed by atoms with Crippen LogP contribution in [0.1, 0.15) is 29.0 Å². The summed E-state index contributed by atoms with van der Waals surface area (Å²) in [5.74, 6) is 2.06. The Balaban J connectivity index is 1.76. The zero-order valence-electron chi connectivity index (χ0n) is 14.7. The SMILES string of the molecule is CCc1n[nH]c(=S)n1/N=C\c1ccc(OCc2csc(C)n2)c(OC)c1. The molecule has 0 saturated carbocycles. The first-order valence-electron chi connectivity index (χ1n) is 8.03. The average Bonchev–Trinajstić information content (AvgIpc) is 3.23. The number of ether oxygens (including phenoxy) is 2. The summed E-state index contributed by atoms with van der Waals surface area (Å²) in [6.07, 6.45) is 2.44. The van der Waals surface area contributed by atoms with Crippen LogP contribution in [0.15, 0.2) is 28.7 Å². The smallest absolute Gasteiger partial charge is 0.216 e. The van der Waals surface area contributed by atoms with Gasteiger partial charge in [0.05, 0.1) is 24.0 Å². The van der Waals surface area contributed by atoms with Gasteiger partial charge in [0.15, 0.2) is 17.3 Å². The second kappa shape index (κ2) is 8.24. The molecule has 0 amide bonds. The van der Waals surface area contributed by atoms with Gasteiger partial charge in [0.25, 0.3) is 0 Å². The molecular weight excluding hydrogens is 370 g/mol. The fourth-order valence-corrected chi connectivity index (χ4v) is 3.10. The van der Waals surface area contributed by atoms with Gasteiger partial charge >= 0.3 is 0 Å². The van der Waals surface area contributed by atoms with E-state index in [1.165, 1.54) is 0 Å². The number of hydrogen-bond acceptors (Lipinski definition) is 7. The molecule has 0 atom stereocenters. The minimum absolute atomic E-state index is 0.401. The average molecular weight is 390 g/mol. The molecule has 0 aliphatic carbocycles. The first-order chi connectivity index (χ1) is 12.6. The Morgan fingerprint density at radius 3 is 2.92 bits per heavy atom. The molecule has 136 valence electrons. The normalized spacial score (nSPS) is 11.2. The highest BCUT2D eigenvalue weighted by molar-refractivity contribution is 7.71. The summed E-state index contributed by atoms with van der Waals surface area (Å²) < 4.78 is 13.3. The lowest BCUT2D eigenvalue weighted by molar-refractivity contribution is 0.281. The molecule has 0 bridgehead atoms. The molecule has 0 spiro atoms. The third-order valence-corrected chi connectivity index (χ3v) is 4.67. The van der Waals surface area contributed by atoms with E-state index in [-0.39, 0.29) is 0 Å². The predicted molar refractivity (Wildman–Crippen MR) is 104 cm³/mol. The third kappa shape index (κ3) is 4.17. The summed E-state index contributed by atoms with van der Waals surface area (Å²) in [6.45, 7) is 4.37. The lowest BCUT2D eigenvalue weighted by Gasteiger charge is -2.10. The Morgan fingerprint density at radius 1 is 1.38 bits per heavy atom. The zero-order chi connectivity index (χ0) is 18.5. The number of nitrogens with zero attached hydrogens (tertiary/aromatic N) is 4. The first kappa shape index (κ1) is 18.3. The molecule has 2 heterocycles. The van der Waals surface area contributed by atoms with Crippen LogP contribution in [0, 0.1) is 11.7 Å². The van der Waals surface area contributed by atoms with Gasteiger partial charge in [0, 0.05) is 11.8 Å². The summed E-state index contributed by atoms with van der Waals surface area (Å²) in [5.41, 5.74) is 1.77. The summed E-state index contributed by atoms with van der Waals surface area (Å²) in [6, 6.07) is 5.62. The van der Waals surface area contributed by atoms with E-state index in [1.54, 1.807) is 29.3 Å². The first-order valence-corrected chi connectivity index (χ1v) is 9.32. The van der Waals surface area contributed by atoms with E-state index in [0.717, 1.165) is 28.5 Å². The Hall–Kier alpha value is -2.52. The number of aryl methyl sites for hydroxylation is 2. The van der Waals surface area contributed by atoms with Crippen molar-refractivity contribution in [3.63, 3.8) is 0 Å². The van der Waals surface area contributed by atoms with Crippen molar-refractivity contribution >= 4 is 29.8 Å². The fraction of sp³-hybridized carbons (Fsp3) is 0.294. The van der Waals surface area contributed by atoms with Crippen molar-refractivity contribution in [1.29, 1.82) is 0 Å². The number of rotatable bonds is 7. The zero-order valence-corrected chi connectivity index (χ0v) is 16.4. The van der Waals surface area contributed by atoms with E-state index in [0.29, 0.717) is 22.9 Å². The molecule has 3 aromatic rings. The molecule has 0 radical (unpaired) electrons. The molecular formula is C17H19N5O2S2. The molecule has 0 saturated heterocycles. The monoisotopic (exact) mass is 389 g/mol. The maximum Gasteiger partial charge on any atom is 0.216 e. The van der Waals surface area contributed by atoms with Gasteiger partial charge in [0.2, 0.25) is 4.77 Å². The standard InChI is InChI=1S/C17H19N5O2S2/c1-4-16-20-21-17(25)22(16)18-8-12-5-6-14(15(7-12)23-3)24-9-13-10-26-11(2)19-13/h5-8,10H,4,9H2,1-3H3,(H,21,25)/b18-8-. The lowest BCUT2D eigenvalue weighted by atomic mass is 10.2. The molecule has 9 heteroatoms. The van der Waals surface area contributed by atoms with Gasteiger partial charge in [-0.3, -0.25) is 5.10 Å². The second-order valence-corrected chi connectivity index (χ2v) is 6.86. The number of aromatic amines is 1. The van der Waals surface area contributed by atoms with Crippen LogP contribution in [0.4, 0.5) is 0 Å². The van der Waals surface area contributed by atoms with E-state index < -0.39 is 0 Å². The topological polar surface area (TPSA) is 77.3 Å². The molecule has 7 nitrogen and oxygen atoms in total. The van der Waals surface area contributed by atoms with Crippen molar-refractivity contribution in [1.82, 2.24) is 19.9 Å². The van der Waals surface area contributed by atoms with Gasteiger partial charge in [-0.25, -0.2) is 4.98 Å². The van der Waals surface area contributed by atoms with Crippen molar-refractivity contribution < 1.29 is 9.47 Å².